The van der Waals surface area contributed by atoms with Gasteiger partial charge in [-0.25, -0.2) is 0 Å². The maximum atomic E-state index is 13.1. The maximum absolute atomic E-state index is 13.1. The topological polar surface area (TPSA) is 59.3 Å². The predicted molar refractivity (Wildman–Crippen MR) is 139 cm³/mol. The summed E-state index contributed by atoms with van der Waals surface area (Å²) in [6.07, 6.45) is 2.80. The van der Waals surface area contributed by atoms with Crippen LogP contribution in [-0.2, 0) is 9.53 Å². The normalized spacial score (nSPS) is 12.9. The quantitative estimate of drug-likeness (QED) is 0.252. The van der Waals surface area contributed by atoms with Crippen LogP contribution in [0.1, 0.15) is 31.1 Å². The minimum absolute atomic E-state index is 0.000757. The van der Waals surface area contributed by atoms with Gasteiger partial charge in [0.2, 0.25) is 6.10 Å². The third-order valence-electron chi connectivity index (χ3n) is 5.79. The second kappa shape index (κ2) is 11.2. The fourth-order valence-electron chi connectivity index (χ4n) is 3.91. The smallest absolute Gasteiger partial charge is 0.314 e. The van der Waals surface area contributed by atoms with E-state index in [0.717, 1.165) is 16.3 Å². The minimum Gasteiger partial charge on any atom is -0.457 e. The van der Waals surface area contributed by atoms with Crippen molar-refractivity contribution in [3.8, 4) is 17.6 Å². The standard InChI is InChI=1S/C31H27NO3/c1-22(2)28(19-18-24-12-8-11-23-10-6-7-17-29(23)24)31(33)35-30(21-32)25-13-9-16-27(20-25)34-26-14-4-3-5-15-26/h3-20,22,28,30H,1-2H3. The van der Waals surface area contributed by atoms with Crippen molar-refractivity contribution >= 4 is 22.8 Å². The summed E-state index contributed by atoms with van der Waals surface area (Å²) in [6.45, 7) is 3.93. The van der Waals surface area contributed by atoms with Gasteiger partial charge in [0.05, 0.1) is 5.92 Å². The van der Waals surface area contributed by atoms with Crippen molar-refractivity contribution in [2.45, 2.75) is 20.0 Å². The summed E-state index contributed by atoms with van der Waals surface area (Å²) >= 11 is 0. The summed E-state index contributed by atoms with van der Waals surface area (Å²) in [5.41, 5.74) is 1.60. The van der Waals surface area contributed by atoms with E-state index in [1.54, 1.807) is 24.3 Å². The van der Waals surface area contributed by atoms with E-state index in [1.807, 2.05) is 80.6 Å². The molecule has 0 saturated heterocycles. The Labute approximate surface area is 206 Å². The van der Waals surface area contributed by atoms with E-state index < -0.39 is 18.0 Å². The van der Waals surface area contributed by atoms with Crippen molar-refractivity contribution in [3.63, 3.8) is 0 Å². The molecule has 0 amide bonds. The molecule has 0 spiro atoms. The molecule has 4 aromatic carbocycles. The van der Waals surface area contributed by atoms with E-state index in [9.17, 15) is 10.1 Å². The zero-order chi connectivity index (χ0) is 24.6. The molecule has 4 heteroatoms. The molecule has 0 bridgehead atoms. The fourth-order valence-corrected chi connectivity index (χ4v) is 3.91. The van der Waals surface area contributed by atoms with Crippen molar-refractivity contribution in [2.24, 2.45) is 11.8 Å². The number of ether oxygens (including phenoxy) is 2. The van der Waals surface area contributed by atoms with Gasteiger partial charge >= 0.3 is 5.97 Å². The highest BCUT2D eigenvalue weighted by molar-refractivity contribution is 5.91. The van der Waals surface area contributed by atoms with Crippen LogP contribution in [0.5, 0.6) is 11.5 Å². The summed E-state index contributed by atoms with van der Waals surface area (Å²) in [5, 5.41) is 12.0. The third-order valence-corrected chi connectivity index (χ3v) is 5.79. The summed E-state index contributed by atoms with van der Waals surface area (Å²) < 4.78 is 11.5. The zero-order valence-electron chi connectivity index (χ0n) is 19.8. The second-order valence-electron chi connectivity index (χ2n) is 8.63. The lowest BCUT2D eigenvalue weighted by Gasteiger charge is -2.19. The molecule has 0 aromatic heterocycles. The van der Waals surface area contributed by atoms with Gasteiger partial charge < -0.3 is 9.47 Å². The van der Waals surface area contributed by atoms with Crippen LogP contribution in [0, 0.1) is 23.2 Å². The minimum atomic E-state index is -1.03. The number of esters is 1. The summed E-state index contributed by atoms with van der Waals surface area (Å²) in [4.78, 5) is 13.1. The molecule has 0 aliphatic heterocycles. The lowest BCUT2D eigenvalue weighted by atomic mass is 9.94. The summed E-state index contributed by atoms with van der Waals surface area (Å²) in [6, 6.07) is 32.8. The number of carbonyl (C=O) groups is 1. The number of hydrogen-bond donors (Lipinski definition) is 0. The molecule has 2 atom stereocenters. The van der Waals surface area contributed by atoms with Gasteiger partial charge in [-0.2, -0.15) is 5.26 Å². The number of rotatable bonds is 8. The first-order valence-electron chi connectivity index (χ1n) is 11.6. The average molecular weight is 462 g/mol. The Hall–Kier alpha value is -4.36. The lowest BCUT2D eigenvalue weighted by molar-refractivity contribution is -0.151. The highest BCUT2D eigenvalue weighted by Crippen LogP contribution is 2.28. The van der Waals surface area contributed by atoms with Crippen LogP contribution in [0.15, 0.2) is 103 Å². The van der Waals surface area contributed by atoms with E-state index in [4.69, 9.17) is 9.47 Å². The van der Waals surface area contributed by atoms with E-state index in [-0.39, 0.29) is 5.92 Å². The molecule has 35 heavy (non-hydrogen) atoms. The monoisotopic (exact) mass is 461 g/mol. The van der Waals surface area contributed by atoms with Crippen molar-refractivity contribution in [2.75, 3.05) is 0 Å². The van der Waals surface area contributed by atoms with E-state index in [1.165, 1.54) is 0 Å². The number of nitriles is 1. The van der Waals surface area contributed by atoms with Crippen molar-refractivity contribution in [1.29, 1.82) is 5.26 Å². The summed E-state index contributed by atoms with van der Waals surface area (Å²) in [7, 11) is 0. The average Bonchev–Trinajstić information content (AvgIpc) is 2.88. The van der Waals surface area contributed by atoms with Crippen LogP contribution in [-0.4, -0.2) is 5.97 Å². The first-order valence-corrected chi connectivity index (χ1v) is 11.6. The van der Waals surface area contributed by atoms with Crippen molar-refractivity contribution in [3.05, 3.63) is 114 Å². The van der Waals surface area contributed by atoms with Gasteiger partial charge in [0.25, 0.3) is 0 Å². The Kier molecular flexibility index (Phi) is 7.60. The molecule has 0 N–H and O–H groups in total. The van der Waals surface area contributed by atoms with E-state index >= 15 is 0 Å². The number of hydrogen-bond acceptors (Lipinski definition) is 4. The van der Waals surface area contributed by atoms with Gasteiger partial charge in [0.15, 0.2) is 0 Å². The molecule has 174 valence electrons. The van der Waals surface area contributed by atoms with Crippen LogP contribution in [0.3, 0.4) is 0 Å². The Morgan fingerprint density at radius 3 is 2.31 bits per heavy atom. The van der Waals surface area contributed by atoms with Gasteiger partial charge in [-0.3, -0.25) is 4.79 Å². The van der Waals surface area contributed by atoms with Crippen LogP contribution < -0.4 is 4.74 Å². The summed E-state index contributed by atoms with van der Waals surface area (Å²) in [5.74, 6) is 0.335. The highest BCUT2D eigenvalue weighted by Gasteiger charge is 2.25. The van der Waals surface area contributed by atoms with Crippen LogP contribution >= 0.6 is 0 Å². The number of fused-ring (bicyclic) bond motifs is 1. The van der Waals surface area contributed by atoms with Crippen LogP contribution in [0.4, 0.5) is 0 Å². The number of para-hydroxylation sites is 1. The van der Waals surface area contributed by atoms with Crippen LogP contribution in [0.25, 0.3) is 16.8 Å². The molecule has 2 unspecified atom stereocenters. The Balaban J connectivity index is 1.51. The number of nitrogens with zero attached hydrogens (tertiary/aromatic N) is 1. The van der Waals surface area contributed by atoms with Gasteiger partial charge in [-0.05, 0) is 46.5 Å². The lowest BCUT2D eigenvalue weighted by Crippen LogP contribution is -2.22. The molecular weight excluding hydrogens is 434 g/mol. The van der Waals surface area contributed by atoms with E-state index in [2.05, 4.69) is 24.3 Å². The molecule has 0 aliphatic carbocycles. The molecule has 0 saturated carbocycles. The molecule has 0 aliphatic rings. The second-order valence-corrected chi connectivity index (χ2v) is 8.63. The first-order chi connectivity index (χ1) is 17.0. The molecule has 0 radical (unpaired) electrons. The predicted octanol–water partition coefficient (Wildman–Crippen LogP) is 7.73. The largest absolute Gasteiger partial charge is 0.457 e. The van der Waals surface area contributed by atoms with Gasteiger partial charge in [0, 0.05) is 5.56 Å². The Morgan fingerprint density at radius 2 is 1.54 bits per heavy atom. The van der Waals surface area contributed by atoms with Gasteiger partial charge in [0.1, 0.15) is 17.6 Å². The van der Waals surface area contributed by atoms with Gasteiger partial charge in [-0.1, -0.05) is 98.8 Å². The van der Waals surface area contributed by atoms with Gasteiger partial charge in [-0.15, -0.1) is 0 Å². The maximum Gasteiger partial charge on any atom is 0.314 e. The van der Waals surface area contributed by atoms with Crippen molar-refractivity contribution < 1.29 is 14.3 Å². The van der Waals surface area contributed by atoms with Crippen molar-refractivity contribution in [1.82, 2.24) is 0 Å². The molecule has 0 fully saturated rings. The number of carbonyl (C=O) groups excluding carboxylic acids is 1. The molecule has 4 aromatic rings. The Bertz CT molecular complexity index is 1360. The fraction of sp³-hybridized carbons (Fsp3) is 0.161. The Morgan fingerprint density at radius 1 is 0.857 bits per heavy atom. The molecule has 4 nitrogen and oxygen atoms in total. The molecular formula is C31H27NO3. The SMILES string of the molecule is CC(C)C(C=Cc1cccc2ccccc12)C(=O)OC(C#N)c1cccc(Oc2ccccc2)c1. The highest BCUT2D eigenvalue weighted by atomic mass is 16.5. The zero-order valence-corrected chi connectivity index (χ0v) is 19.8. The third kappa shape index (κ3) is 5.96. The molecule has 4 rings (SSSR count). The number of benzene rings is 4. The first kappa shape index (κ1) is 23.8. The van der Waals surface area contributed by atoms with E-state index in [0.29, 0.717) is 17.1 Å². The van der Waals surface area contributed by atoms with Crippen LogP contribution in [0.2, 0.25) is 0 Å². The molecule has 0 heterocycles.